The quantitative estimate of drug-likeness (QED) is 0.479. The van der Waals surface area contributed by atoms with Crippen molar-refractivity contribution in [3.8, 4) is 5.75 Å². The van der Waals surface area contributed by atoms with E-state index in [4.69, 9.17) is 4.74 Å². The first-order chi connectivity index (χ1) is 9.63. The molecule has 0 saturated carbocycles. The molecule has 0 atom stereocenters. The average molecular weight is 273 g/mol. The first-order valence-corrected chi connectivity index (χ1v) is 6.08. The monoisotopic (exact) mass is 273 g/mol. The number of benzene rings is 1. The van der Waals surface area contributed by atoms with Gasteiger partial charge in [0.05, 0.1) is 13.2 Å². The van der Waals surface area contributed by atoms with Crippen molar-refractivity contribution in [2.45, 2.75) is 13.0 Å². The second-order valence-electron chi connectivity index (χ2n) is 4.51. The molecule has 20 heavy (non-hydrogen) atoms. The molecule has 0 amide bonds. The van der Waals surface area contributed by atoms with Gasteiger partial charge in [0.25, 0.3) is 0 Å². The third kappa shape index (κ3) is 2.25. The van der Waals surface area contributed by atoms with E-state index in [-0.39, 0.29) is 18.1 Å². The Labute approximate surface area is 114 Å². The zero-order valence-electron chi connectivity index (χ0n) is 10.5. The number of Topliss-reactive ketones (excluding diaryl/α,β-unsaturated/α-hetero) is 1. The number of carbonyl (C=O) groups is 1. The Bertz CT molecular complexity index is 693. The second kappa shape index (κ2) is 4.76. The number of fused-ring (bicyclic) bond motifs is 1. The lowest BCUT2D eigenvalue weighted by Crippen LogP contribution is -2.09. The largest absolute Gasteiger partial charge is 0.493 e. The number of hydrogen-bond donors (Lipinski definition) is 0. The van der Waals surface area contributed by atoms with Crippen LogP contribution in [0.15, 0.2) is 30.7 Å². The SMILES string of the molecule is O=C(Cn1cnc([N+](=O)[O-])c1)c1ccc2c(c1)CCO2. The summed E-state index contributed by atoms with van der Waals surface area (Å²) in [4.78, 5) is 25.7. The number of aromatic nitrogens is 2. The zero-order chi connectivity index (χ0) is 14.1. The van der Waals surface area contributed by atoms with Gasteiger partial charge in [0.15, 0.2) is 5.78 Å². The van der Waals surface area contributed by atoms with Crippen LogP contribution in [-0.4, -0.2) is 26.9 Å². The molecule has 0 radical (unpaired) electrons. The van der Waals surface area contributed by atoms with E-state index < -0.39 is 4.92 Å². The molecule has 0 unspecified atom stereocenters. The molecule has 0 spiro atoms. The molecule has 102 valence electrons. The highest BCUT2D eigenvalue weighted by molar-refractivity contribution is 5.96. The maximum atomic E-state index is 12.1. The molecule has 1 aromatic carbocycles. The van der Waals surface area contributed by atoms with Crippen LogP contribution in [-0.2, 0) is 13.0 Å². The summed E-state index contributed by atoms with van der Waals surface area (Å²) in [6.45, 7) is 0.668. The highest BCUT2D eigenvalue weighted by atomic mass is 16.6. The topological polar surface area (TPSA) is 87.3 Å². The van der Waals surface area contributed by atoms with E-state index in [0.29, 0.717) is 12.2 Å². The van der Waals surface area contributed by atoms with E-state index in [1.807, 2.05) is 6.07 Å². The lowest BCUT2D eigenvalue weighted by molar-refractivity contribution is -0.389. The fraction of sp³-hybridized carbons (Fsp3) is 0.231. The molecule has 2 heterocycles. The number of rotatable bonds is 4. The number of nitrogens with zero attached hydrogens (tertiary/aromatic N) is 3. The van der Waals surface area contributed by atoms with E-state index in [1.54, 1.807) is 12.1 Å². The Morgan fingerprint density at radius 3 is 3.10 bits per heavy atom. The minimum absolute atomic E-state index is 0.0283. The van der Waals surface area contributed by atoms with Gasteiger partial charge in [-0.3, -0.25) is 4.79 Å². The lowest BCUT2D eigenvalue weighted by atomic mass is 10.1. The van der Waals surface area contributed by atoms with Crippen molar-refractivity contribution < 1.29 is 14.5 Å². The van der Waals surface area contributed by atoms with Gasteiger partial charge in [-0.1, -0.05) is 0 Å². The Kier molecular flexibility index (Phi) is 2.94. The van der Waals surface area contributed by atoms with Gasteiger partial charge in [0.2, 0.25) is 6.33 Å². The molecule has 0 saturated heterocycles. The van der Waals surface area contributed by atoms with Gasteiger partial charge < -0.3 is 19.4 Å². The smallest absolute Gasteiger partial charge is 0.381 e. The summed E-state index contributed by atoms with van der Waals surface area (Å²) in [7, 11) is 0. The van der Waals surface area contributed by atoms with Crippen LogP contribution in [0.25, 0.3) is 0 Å². The maximum absolute atomic E-state index is 12.1. The zero-order valence-corrected chi connectivity index (χ0v) is 10.5. The predicted molar refractivity (Wildman–Crippen MR) is 68.9 cm³/mol. The molecule has 1 aliphatic heterocycles. The van der Waals surface area contributed by atoms with Crippen molar-refractivity contribution >= 4 is 11.6 Å². The van der Waals surface area contributed by atoms with E-state index in [0.717, 1.165) is 17.7 Å². The maximum Gasteiger partial charge on any atom is 0.381 e. The third-order valence-electron chi connectivity index (χ3n) is 3.14. The van der Waals surface area contributed by atoms with Crippen molar-refractivity contribution in [1.82, 2.24) is 9.55 Å². The van der Waals surface area contributed by atoms with Crippen molar-refractivity contribution in [1.29, 1.82) is 0 Å². The summed E-state index contributed by atoms with van der Waals surface area (Å²) < 4.78 is 6.79. The Hall–Kier alpha value is -2.70. The second-order valence-corrected chi connectivity index (χ2v) is 4.51. The Balaban J connectivity index is 1.77. The van der Waals surface area contributed by atoms with Gasteiger partial charge in [-0.05, 0) is 33.7 Å². The molecule has 0 bridgehead atoms. The molecule has 0 N–H and O–H groups in total. The van der Waals surface area contributed by atoms with Crippen molar-refractivity contribution in [2.75, 3.05) is 6.61 Å². The summed E-state index contributed by atoms with van der Waals surface area (Å²) in [5.41, 5.74) is 1.60. The van der Waals surface area contributed by atoms with Crippen LogP contribution >= 0.6 is 0 Å². The van der Waals surface area contributed by atoms with Crippen LogP contribution in [0, 0.1) is 10.1 Å². The van der Waals surface area contributed by atoms with Crippen molar-refractivity contribution in [3.05, 3.63) is 52.0 Å². The van der Waals surface area contributed by atoms with Crippen LogP contribution in [0.4, 0.5) is 5.82 Å². The van der Waals surface area contributed by atoms with E-state index in [9.17, 15) is 14.9 Å². The summed E-state index contributed by atoms with van der Waals surface area (Å²) in [5, 5.41) is 10.5. The molecule has 1 aliphatic rings. The fourth-order valence-electron chi connectivity index (χ4n) is 2.15. The predicted octanol–water partition coefficient (Wildman–Crippen LogP) is 1.61. The minimum atomic E-state index is -0.590. The molecule has 0 aliphatic carbocycles. The third-order valence-corrected chi connectivity index (χ3v) is 3.14. The van der Waals surface area contributed by atoms with Crippen LogP contribution in [0.5, 0.6) is 5.75 Å². The standard InChI is InChI=1S/C13H11N3O4/c17-11(6-15-7-13(14-8-15)16(18)19)9-1-2-12-10(5-9)3-4-20-12/h1-2,5,7-8H,3-4,6H2. The average Bonchev–Trinajstić information content (AvgIpc) is 3.05. The van der Waals surface area contributed by atoms with E-state index in [2.05, 4.69) is 4.98 Å². The van der Waals surface area contributed by atoms with Crippen LogP contribution in [0.3, 0.4) is 0 Å². The van der Waals surface area contributed by atoms with Crippen LogP contribution < -0.4 is 4.74 Å². The summed E-state index contributed by atoms with van der Waals surface area (Å²) in [6.07, 6.45) is 3.33. The van der Waals surface area contributed by atoms with Crippen molar-refractivity contribution in [3.63, 3.8) is 0 Å². The molecular formula is C13H11N3O4. The van der Waals surface area contributed by atoms with Gasteiger partial charge in [-0.2, -0.15) is 0 Å². The fourth-order valence-corrected chi connectivity index (χ4v) is 2.15. The summed E-state index contributed by atoms with van der Waals surface area (Å²) >= 11 is 0. The van der Waals surface area contributed by atoms with Gasteiger partial charge >= 0.3 is 5.82 Å². The Morgan fingerprint density at radius 2 is 2.35 bits per heavy atom. The van der Waals surface area contributed by atoms with Gasteiger partial charge in [0.1, 0.15) is 11.9 Å². The van der Waals surface area contributed by atoms with Crippen LogP contribution in [0.1, 0.15) is 15.9 Å². The molecule has 1 aromatic heterocycles. The molecular weight excluding hydrogens is 262 g/mol. The van der Waals surface area contributed by atoms with E-state index in [1.165, 1.54) is 17.1 Å². The minimum Gasteiger partial charge on any atom is -0.493 e. The van der Waals surface area contributed by atoms with Gasteiger partial charge in [-0.15, -0.1) is 0 Å². The highest BCUT2D eigenvalue weighted by Gasteiger charge is 2.17. The van der Waals surface area contributed by atoms with E-state index >= 15 is 0 Å². The number of hydrogen-bond acceptors (Lipinski definition) is 5. The molecule has 2 aromatic rings. The van der Waals surface area contributed by atoms with Crippen molar-refractivity contribution in [2.24, 2.45) is 0 Å². The summed E-state index contributed by atoms with van der Waals surface area (Å²) in [5.74, 6) is 0.437. The van der Waals surface area contributed by atoms with Gasteiger partial charge in [0, 0.05) is 12.0 Å². The number of ether oxygens (including phenoxy) is 1. The Morgan fingerprint density at radius 1 is 1.50 bits per heavy atom. The van der Waals surface area contributed by atoms with Crippen LogP contribution in [0.2, 0.25) is 0 Å². The first-order valence-electron chi connectivity index (χ1n) is 6.08. The number of ketones is 1. The normalized spacial score (nSPS) is 12.8. The first kappa shape index (κ1) is 12.3. The highest BCUT2D eigenvalue weighted by Crippen LogP contribution is 2.26. The molecule has 7 nitrogen and oxygen atoms in total. The molecule has 7 heteroatoms. The number of imidazole rings is 1. The lowest BCUT2D eigenvalue weighted by Gasteiger charge is -2.03. The van der Waals surface area contributed by atoms with Gasteiger partial charge in [-0.25, -0.2) is 0 Å². The molecule has 0 fully saturated rings. The summed E-state index contributed by atoms with van der Waals surface area (Å²) in [6, 6.07) is 5.31. The number of carbonyl (C=O) groups excluding carboxylic acids is 1. The number of nitro groups is 1. The molecule has 3 rings (SSSR count).